The van der Waals surface area contributed by atoms with Gasteiger partial charge in [-0.1, -0.05) is 44.2 Å². The van der Waals surface area contributed by atoms with E-state index in [1.807, 2.05) is 0 Å². The van der Waals surface area contributed by atoms with Gasteiger partial charge in [0.15, 0.2) is 0 Å². The van der Waals surface area contributed by atoms with Crippen molar-refractivity contribution >= 4 is 0 Å². The molecule has 4 atom stereocenters. The van der Waals surface area contributed by atoms with E-state index >= 15 is 0 Å². The van der Waals surface area contributed by atoms with Gasteiger partial charge in [0, 0.05) is 0 Å². The summed E-state index contributed by atoms with van der Waals surface area (Å²) in [5.74, 6) is 5.34. The van der Waals surface area contributed by atoms with Crippen molar-refractivity contribution in [2.45, 2.75) is 64.2 Å². The molecule has 9 fully saturated rings. The van der Waals surface area contributed by atoms with Crippen LogP contribution in [0.5, 0.6) is 0 Å². The Hall–Kier alpha value is -0.780. The Morgan fingerprint density at radius 1 is 0.833 bits per heavy atom. The molecule has 0 N–H and O–H groups in total. The summed E-state index contributed by atoms with van der Waals surface area (Å²) in [7, 11) is 0. The van der Waals surface area contributed by atoms with E-state index in [0.29, 0.717) is 5.41 Å². The third kappa shape index (κ3) is 1.09. The van der Waals surface area contributed by atoms with Crippen LogP contribution in [-0.2, 0) is 5.41 Å². The van der Waals surface area contributed by atoms with Gasteiger partial charge in [-0.2, -0.15) is 0 Å². The third-order valence-corrected chi connectivity index (χ3v) is 11.0. The molecule has 0 aromatic heterocycles. The van der Waals surface area contributed by atoms with Crippen molar-refractivity contribution in [3.63, 3.8) is 0 Å². The molecular formula is C24H30. The fourth-order valence-electron chi connectivity index (χ4n) is 10.5. The fourth-order valence-corrected chi connectivity index (χ4v) is 10.5. The minimum absolute atomic E-state index is 0.572. The zero-order chi connectivity index (χ0) is 15.9. The van der Waals surface area contributed by atoms with Gasteiger partial charge in [0.05, 0.1) is 0 Å². The van der Waals surface area contributed by atoms with Crippen molar-refractivity contribution in [1.29, 1.82) is 0 Å². The molecule has 0 saturated heterocycles. The maximum atomic E-state index is 2.54. The first-order chi connectivity index (χ1) is 11.5. The predicted molar refractivity (Wildman–Crippen MR) is 96.5 cm³/mol. The largest absolute Gasteiger partial charge is 0.0622 e. The lowest BCUT2D eigenvalue weighted by Crippen LogP contribution is -2.84. The van der Waals surface area contributed by atoms with E-state index < -0.39 is 0 Å². The lowest BCUT2D eigenvalue weighted by atomic mass is 9.13. The van der Waals surface area contributed by atoms with Gasteiger partial charge in [-0.15, -0.1) is 0 Å². The Bertz CT molecular complexity index is 694. The lowest BCUT2D eigenvalue weighted by molar-refractivity contribution is -0.412. The summed E-state index contributed by atoms with van der Waals surface area (Å²) in [6, 6.07) is 11.7. The van der Waals surface area contributed by atoms with Gasteiger partial charge in [0.1, 0.15) is 0 Å². The highest BCUT2D eigenvalue weighted by molar-refractivity contribution is 5.42. The first-order valence-corrected chi connectivity index (χ1v) is 10.6. The van der Waals surface area contributed by atoms with Crippen LogP contribution in [0, 0.1) is 45.8 Å². The molecule has 126 valence electrons. The standard InChI is InChI=1S/C24H30/c1-15(2)21-9-18-17-8-22(16-6-4-3-5-7-16)12-23(18)14-24(13-22,19(17)10-21)20(23)11-21/h3-7,15,17-20H,8-14H2,1-2H3. The molecule has 0 heteroatoms. The zero-order valence-electron chi connectivity index (χ0n) is 15.2. The van der Waals surface area contributed by atoms with Crippen molar-refractivity contribution in [2.24, 2.45) is 45.8 Å². The van der Waals surface area contributed by atoms with E-state index in [0.717, 1.165) is 45.8 Å². The fraction of sp³-hybridized carbons (Fsp3) is 0.750. The Balaban J connectivity index is 1.40. The lowest BCUT2D eigenvalue weighted by Gasteiger charge is -2.91. The Morgan fingerprint density at radius 3 is 2.12 bits per heavy atom. The summed E-state index contributed by atoms with van der Waals surface area (Å²) in [4.78, 5) is 0. The van der Waals surface area contributed by atoms with Crippen LogP contribution in [0.1, 0.15) is 64.4 Å². The Labute approximate surface area is 146 Å². The smallest absolute Gasteiger partial charge is 0.00332 e. The maximum absolute atomic E-state index is 2.54. The normalized spacial score (nSPS) is 60.8. The second kappa shape index (κ2) is 3.53. The molecule has 0 amide bonds. The molecular weight excluding hydrogens is 288 g/mol. The van der Waals surface area contributed by atoms with Gasteiger partial charge in [0.2, 0.25) is 0 Å². The van der Waals surface area contributed by atoms with E-state index in [2.05, 4.69) is 44.2 Å². The zero-order valence-corrected chi connectivity index (χ0v) is 15.2. The molecule has 1 aromatic rings. The van der Waals surface area contributed by atoms with Crippen LogP contribution in [0.4, 0.5) is 0 Å². The molecule has 4 unspecified atom stereocenters. The van der Waals surface area contributed by atoms with Crippen LogP contribution < -0.4 is 0 Å². The first kappa shape index (κ1) is 13.4. The molecule has 0 aliphatic heterocycles. The van der Waals surface area contributed by atoms with Crippen LogP contribution in [0.2, 0.25) is 0 Å². The highest BCUT2D eigenvalue weighted by Gasteiger charge is 2.86. The van der Waals surface area contributed by atoms with Crippen molar-refractivity contribution in [1.82, 2.24) is 0 Å². The van der Waals surface area contributed by atoms with Crippen molar-refractivity contribution in [2.75, 3.05) is 0 Å². The quantitative estimate of drug-likeness (QED) is 0.645. The van der Waals surface area contributed by atoms with E-state index in [9.17, 15) is 0 Å². The van der Waals surface area contributed by atoms with E-state index in [1.165, 1.54) is 6.42 Å². The summed E-state index contributed by atoms with van der Waals surface area (Å²) >= 11 is 0. The minimum Gasteiger partial charge on any atom is -0.0622 e. The topological polar surface area (TPSA) is 0 Å². The molecule has 0 radical (unpaired) electrons. The monoisotopic (exact) mass is 318 g/mol. The molecule has 9 aliphatic rings. The summed E-state index contributed by atoms with van der Waals surface area (Å²) in [6.07, 6.45) is 11.1. The van der Waals surface area contributed by atoms with Gasteiger partial charge in [-0.05, 0) is 102 Å². The van der Waals surface area contributed by atoms with Crippen molar-refractivity contribution in [3.05, 3.63) is 35.9 Å². The third-order valence-electron chi connectivity index (χ3n) is 11.0. The SMILES string of the molecule is CC(C)C12CC3C4CC5(c6ccccc6)CC36CC(C5)(C4C1)C6C2. The molecule has 8 bridgehead atoms. The molecule has 1 aromatic carbocycles. The molecule has 0 nitrogen and oxygen atoms in total. The summed E-state index contributed by atoms with van der Waals surface area (Å²) in [5, 5.41) is 0. The van der Waals surface area contributed by atoms with Gasteiger partial charge in [-0.25, -0.2) is 0 Å². The number of rotatable bonds is 2. The van der Waals surface area contributed by atoms with Crippen LogP contribution in [0.25, 0.3) is 0 Å². The summed E-state index contributed by atoms with van der Waals surface area (Å²) in [6.45, 7) is 5.08. The number of hydrogen-bond donors (Lipinski definition) is 0. The molecule has 2 spiro atoms. The molecule has 24 heavy (non-hydrogen) atoms. The average molecular weight is 319 g/mol. The average Bonchev–Trinajstić information content (AvgIpc) is 2.59. The summed E-state index contributed by atoms with van der Waals surface area (Å²) in [5.41, 5.74) is 4.59. The van der Waals surface area contributed by atoms with E-state index in [-0.39, 0.29) is 0 Å². The maximum Gasteiger partial charge on any atom is -0.00332 e. The van der Waals surface area contributed by atoms with Crippen LogP contribution in [-0.4, -0.2) is 0 Å². The number of benzene rings is 1. The second-order valence-corrected chi connectivity index (χ2v) is 11.4. The van der Waals surface area contributed by atoms with Crippen LogP contribution >= 0.6 is 0 Å². The van der Waals surface area contributed by atoms with E-state index in [4.69, 9.17) is 0 Å². The highest BCUT2D eigenvalue weighted by atomic mass is 14.9. The van der Waals surface area contributed by atoms with Gasteiger partial charge >= 0.3 is 0 Å². The predicted octanol–water partition coefficient (Wildman–Crippen LogP) is 5.82. The van der Waals surface area contributed by atoms with Crippen molar-refractivity contribution < 1.29 is 0 Å². The van der Waals surface area contributed by atoms with Crippen LogP contribution in [0.15, 0.2) is 30.3 Å². The minimum atomic E-state index is 0.572. The molecule has 9 saturated carbocycles. The molecule has 10 rings (SSSR count). The molecule has 9 aliphatic carbocycles. The van der Waals surface area contributed by atoms with Crippen LogP contribution in [0.3, 0.4) is 0 Å². The first-order valence-electron chi connectivity index (χ1n) is 10.6. The summed E-state index contributed by atoms with van der Waals surface area (Å²) < 4.78 is 0. The van der Waals surface area contributed by atoms with Gasteiger partial charge < -0.3 is 0 Å². The second-order valence-electron chi connectivity index (χ2n) is 11.4. The Kier molecular flexibility index (Phi) is 1.98. The Morgan fingerprint density at radius 2 is 1.50 bits per heavy atom. The highest BCUT2D eigenvalue weighted by Crippen LogP contribution is 2.93. The van der Waals surface area contributed by atoms with Crippen molar-refractivity contribution in [3.8, 4) is 0 Å². The molecule has 0 heterocycles. The van der Waals surface area contributed by atoms with Gasteiger partial charge in [-0.3, -0.25) is 0 Å². The van der Waals surface area contributed by atoms with Gasteiger partial charge in [0.25, 0.3) is 0 Å². The number of hydrogen-bond acceptors (Lipinski definition) is 0. The van der Waals surface area contributed by atoms with E-state index in [1.54, 1.807) is 44.1 Å².